The number of benzene rings is 3. The summed E-state index contributed by atoms with van der Waals surface area (Å²) in [5.74, 6) is -0.0829. The topological polar surface area (TPSA) is 126 Å². The van der Waals surface area contributed by atoms with Gasteiger partial charge < -0.3 is 30.9 Å². The Morgan fingerprint density at radius 3 is 2.16 bits per heavy atom. The van der Waals surface area contributed by atoms with E-state index in [9.17, 15) is 14.7 Å². The summed E-state index contributed by atoms with van der Waals surface area (Å²) in [4.78, 5) is 27.4. The van der Waals surface area contributed by atoms with Crippen LogP contribution in [0.5, 0.6) is 0 Å². The van der Waals surface area contributed by atoms with Crippen LogP contribution in [0.3, 0.4) is 0 Å². The average Bonchev–Trinajstić information content (AvgIpc) is 3.66. The summed E-state index contributed by atoms with van der Waals surface area (Å²) in [5.41, 5.74) is 10.6. The van der Waals surface area contributed by atoms with Crippen molar-refractivity contribution in [2.45, 2.75) is 102 Å². The van der Waals surface area contributed by atoms with E-state index in [1.54, 1.807) is 12.1 Å². The third kappa shape index (κ3) is 11.0. The van der Waals surface area contributed by atoms with Crippen molar-refractivity contribution in [1.29, 1.82) is 0 Å². The Labute approximate surface area is 290 Å². The van der Waals surface area contributed by atoms with Gasteiger partial charge >= 0.3 is 0 Å². The van der Waals surface area contributed by atoms with Crippen LogP contribution in [0, 0.1) is 0 Å². The van der Waals surface area contributed by atoms with Crippen molar-refractivity contribution in [3.8, 4) is 0 Å². The van der Waals surface area contributed by atoms with Crippen LogP contribution >= 0.6 is 0 Å². The molecule has 0 spiro atoms. The van der Waals surface area contributed by atoms with Gasteiger partial charge in [0.25, 0.3) is 0 Å². The molecule has 3 aromatic rings. The van der Waals surface area contributed by atoms with Crippen molar-refractivity contribution in [2.75, 3.05) is 29.5 Å². The van der Waals surface area contributed by atoms with Gasteiger partial charge in [-0.3, -0.25) is 14.5 Å². The molecule has 2 fully saturated rings. The molecule has 0 aromatic heterocycles. The number of carbonyl (C=O) groups excluding carboxylic acids is 2. The number of ether oxygens (including phenoxy) is 2. The summed E-state index contributed by atoms with van der Waals surface area (Å²) >= 11 is 0. The lowest BCUT2D eigenvalue weighted by Gasteiger charge is -2.39. The molecular weight excluding hydrogens is 616 g/mol. The maximum atomic E-state index is 12.7. The second kappa shape index (κ2) is 18.7. The van der Waals surface area contributed by atoms with E-state index in [2.05, 4.69) is 22.1 Å². The molecule has 1 aliphatic heterocycles. The van der Waals surface area contributed by atoms with E-state index in [-0.39, 0.29) is 30.6 Å². The summed E-state index contributed by atoms with van der Waals surface area (Å²) in [6, 6.07) is 23.5. The van der Waals surface area contributed by atoms with Crippen molar-refractivity contribution < 1.29 is 24.2 Å². The number of amides is 2. The molecule has 0 unspecified atom stereocenters. The van der Waals surface area contributed by atoms with E-state index in [0.29, 0.717) is 30.3 Å². The molecule has 2 amide bonds. The van der Waals surface area contributed by atoms with Gasteiger partial charge in [0.15, 0.2) is 6.29 Å². The number of anilines is 3. The van der Waals surface area contributed by atoms with Gasteiger partial charge in [0.1, 0.15) is 0 Å². The van der Waals surface area contributed by atoms with Crippen LogP contribution in [0.2, 0.25) is 0 Å². The molecule has 1 heterocycles. The highest BCUT2D eigenvalue weighted by Gasteiger charge is 2.34. The minimum Gasteiger partial charge on any atom is -0.397 e. The fourth-order valence-electron chi connectivity index (χ4n) is 6.80. The van der Waals surface area contributed by atoms with Crippen LogP contribution in [0.4, 0.5) is 17.1 Å². The van der Waals surface area contributed by atoms with Crippen LogP contribution in [0.1, 0.15) is 99.7 Å². The third-order valence-electron chi connectivity index (χ3n) is 9.52. The van der Waals surface area contributed by atoms with Gasteiger partial charge in [-0.1, -0.05) is 80.3 Å². The zero-order valence-electron chi connectivity index (χ0n) is 28.5. The van der Waals surface area contributed by atoms with Gasteiger partial charge in [0.2, 0.25) is 11.8 Å². The highest BCUT2D eigenvalue weighted by atomic mass is 16.7. The van der Waals surface area contributed by atoms with Gasteiger partial charge in [-0.15, -0.1) is 6.58 Å². The molecule has 1 aliphatic carbocycles. The summed E-state index contributed by atoms with van der Waals surface area (Å²) < 4.78 is 13.1. The lowest BCUT2D eigenvalue weighted by molar-refractivity contribution is -0.253. The van der Waals surface area contributed by atoms with Gasteiger partial charge in [0.05, 0.1) is 30.2 Å². The second-order valence-corrected chi connectivity index (χ2v) is 13.3. The number of nitrogens with zero attached hydrogens (tertiary/aromatic N) is 1. The Morgan fingerprint density at radius 1 is 0.857 bits per heavy atom. The Bertz CT molecular complexity index is 1490. The van der Waals surface area contributed by atoms with Crippen molar-refractivity contribution in [3.05, 3.63) is 102 Å². The SMILES string of the molecule is C=CCN(C[C@@H]1C[C@H](c2ccc(CO)cc2)O[C@H](c2ccc(NC(=O)CCCCCCC(=O)Nc3ccccc3N)cc2)O1)C1CCCC1. The molecule has 9 nitrogen and oxygen atoms in total. The average molecular weight is 669 g/mol. The molecular formula is C40H52N4O5. The second-order valence-electron chi connectivity index (χ2n) is 13.3. The van der Waals surface area contributed by atoms with Crippen LogP contribution in [0.25, 0.3) is 0 Å². The van der Waals surface area contributed by atoms with Gasteiger partial charge in [0, 0.05) is 49.6 Å². The number of unbranched alkanes of at least 4 members (excludes halogenated alkanes) is 3. The summed E-state index contributed by atoms with van der Waals surface area (Å²) in [6.07, 6.45) is 11.1. The van der Waals surface area contributed by atoms with E-state index in [1.165, 1.54) is 25.7 Å². The Kier molecular flexibility index (Phi) is 13.8. The summed E-state index contributed by atoms with van der Waals surface area (Å²) in [6.45, 7) is 5.66. The number of nitrogens with one attached hydrogen (secondary N) is 2. The number of rotatable bonds is 17. The predicted octanol–water partition coefficient (Wildman–Crippen LogP) is 7.65. The number of nitrogens with two attached hydrogens (primary N) is 1. The van der Waals surface area contributed by atoms with Gasteiger partial charge in [-0.25, -0.2) is 0 Å². The fourth-order valence-corrected chi connectivity index (χ4v) is 6.80. The predicted molar refractivity (Wildman–Crippen MR) is 195 cm³/mol. The molecule has 3 aromatic carbocycles. The molecule has 262 valence electrons. The standard InChI is InChI=1S/C40H52N4O5/c1-2-25-44(33-11-7-8-12-33)27-34-26-37(30-19-17-29(28-45)18-20-30)49-40(48-34)31-21-23-32(24-22-31)42-38(46)15-5-3-4-6-16-39(47)43-36-14-10-9-13-35(36)41/h2,9-10,13-14,17-24,33-34,37,40,45H,1,3-8,11-12,15-16,25-28,41H2,(H,42,46)(H,43,47)/t34-,37+,40+/m0/s1. The van der Waals surface area contributed by atoms with Crippen molar-refractivity contribution >= 4 is 28.9 Å². The first-order valence-corrected chi connectivity index (χ1v) is 17.8. The van der Waals surface area contributed by atoms with Crippen LogP contribution < -0.4 is 16.4 Å². The van der Waals surface area contributed by atoms with Crippen LogP contribution in [0.15, 0.2) is 85.5 Å². The Hall–Kier alpha value is -4.02. The quantitative estimate of drug-likeness (QED) is 0.0661. The van der Waals surface area contributed by atoms with E-state index >= 15 is 0 Å². The van der Waals surface area contributed by atoms with Crippen molar-refractivity contribution in [1.82, 2.24) is 4.90 Å². The first kappa shape index (κ1) is 36.3. The van der Waals surface area contributed by atoms with Gasteiger partial charge in [-0.2, -0.15) is 0 Å². The smallest absolute Gasteiger partial charge is 0.224 e. The van der Waals surface area contributed by atoms with E-state index < -0.39 is 6.29 Å². The molecule has 0 bridgehead atoms. The maximum Gasteiger partial charge on any atom is 0.224 e. The zero-order chi connectivity index (χ0) is 34.4. The molecule has 3 atom stereocenters. The molecule has 2 aliphatic rings. The van der Waals surface area contributed by atoms with Crippen molar-refractivity contribution in [2.24, 2.45) is 0 Å². The first-order valence-electron chi connectivity index (χ1n) is 17.8. The molecule has 0 radical (unpaired) electrons. The maximum absolute atomic E-state index is 12.7. The number of aliphatic hydroxyl groups is 1. The number of para-hydroxylation sites is 2. The van der Waals surface area contributed by atoms with Crippen LogP contribution in [-0.4, -0.2) is 47.1 Å². The first-order chi connectivity index (χ1) is 23.9. The Morgan fingerprint density at radius 2 is 1.51 bits per heavy atom. The monoisotopic (exact) mass is 668 g/mol. The zero-order valence-corrected chi connectivity index (χ0v) is 28.5. The van der Waals surface area contributed by atoms with Gasteiger partial charge in [-0.05, 0) is 61.1 Å². The summed E-state index contributed by atoms with van der Waals surface area (Å²) in [5, 5.41) is 15.4. The lowest BCUT2D eigenvalue weighted by Crippen LogP contribution is -2.43. The van der Waals surface area contributed by atoms with Crippen LogP contribution in [-0.2, 0) is 25.7 Å². The van der Waals surface area contributed by atoms with E-state index in [1.807, 2.05) is 66.7 Å². The third-order valence-corrected chi connectivity index (χ3v) is 9.52. The fraction of sp³-hybridized carbons (Fsp3) is 0.450. The number of aliphatic hydroxyl groups excluding tert-OH is 1. The van der Waals surface area contributed by atoms with E-state index in [0.717, 1.165) is 67.6 Å². The minimum absolute atomic E-state index is 0.00710. The molecule has 1 saturated carbocycles. The highest BCUT2D eigenvalue weighted by Crippen LogP contribution is 2.39. The normalized spacial score (nSPS) is 19.5. The Balaban J connectivity index is 1.10. The molecule has 49 heavy (non-hydrogen) atoms. The highest BCUT2D eigenvalue weighted by molar-refractivity contribution is 5.93. The molecule has 9 heteroatoms. The van der Waals surface area contributed by atoms with E-state index in [4.69, 9.17) is 15.2 Å². The number of hydrogen-bond donors (Lipinski definition) is 4. The summed E-state index contributed by atoms with van der Waals surface area (Å²) in [7, 11) is 0. The molecule has 5 rings (SSSR count). The largest absolute Gasteiger partial charge is 0.397 e. The minimum atomic E-state index is -0.549. The molecule has 1 saturated heterocycles. The van der Waals surface area contributed by atoms with Crippen molar-refractivity contribution in [3.63, 3.8) is 0 Å². The number of nitrogen functional groups attached to an aromatic ring is 1. The number of carbonyl (C=O) groups is 2. The molecule has 5 N–H and O–H groups in total. The number of hydrogen-bond acceptors (Lipinski definition) is 7. The lowest BCUT2D eigenvalue weighted by atomic mass is 9.99.